The lowest BCUT2D eigenvalue weighted by Crippen LogP contribution is -2.40. The number of hydrogen-bond donors (Lipinski definition) is 2. The third-order valence-corrected chi connectivity index (χ3v) is 4.40. The van der Waals surface area contributed by atoms with Gasteiger partial charge in [0.2, 0.25) is 10.0 Å². The second kappa shape index (κ2) is 5.83. The Bertz CT molecular complexity index is 543. The van der Waals surface area contributed by atoms with Gasteiger partial charge in [0, 0.05) is 12.1 Å². The van der Waals surface area contributed by atoms with Gasteiger partial charge in [0.25, 0.3) is 0 Å². The maximum Gasteiger partial charge on any atom is 0.234 e. The van der Waals surface area contributed by atoms with E-state index in [0.29, 0.717) is 6.07 Å². The minimum absolute atomic E-state index is 0.107. The van der Waals surface area contributed by atoms with Crippen LogP contribution in [-0.4, -0.2) is 26.8 Å². The molecular formula is C12H16F2N2O2S. The Labute approximate surface area is 111 Å². The first kappa shape index (κ1) is 14.2. The Morgan fingerprint density at radius 1 is 1.32 bits per heavy atom. The van der Waals surface area contributed by atoms with Crippen molar-refractivity contribution in [3.05, 3.63) is 29.8 Å². The molecule has 0 aliphatic carbocycles. The molecule has 0 radical (unpaired) electrons. The molecule has 1 aliphatic heterocycles. The van der Waals surface area contributed by atoms with Gasteiger partial charge in [-0.05, 0) is 31.5 Å². The van der Waals surface area contributed by atoms with Crippen molar-refractivity contribution in [2.45, 2.75) is 25.3 Å². The molecule has 0 bridgehead atoms. The zero-order valence-electron chi connectivity index (χ0n) is 10.3. The molecule has 7 heteroatoms. The first-order valence-corrected chi connectivity index (χ1v) is 7.80. The number of anilines is 1. The number of halogens is 2. The van der Waals surface area contributed by atoms with Crippen LogP contribution < -0.4 is 10.0 Å². The van der Waals surface area contributed by atoms with Gasteiger partial charge < -0.3 is 5.32 Å². The zero-order valence-corrected chi connectivity index (χ0v) is 11.1. The summed E-state index contributed by atoms with van der Waals surface area (Å²) in [6, 6.07) is 2.63. The molecule has 0 saturated carbocycles. The van der Waals surface area contributed by atoms with Crippen LogP contribution in [0.2, 0.25) is 0 Å². The summed E-state index contributed by atoms with van der Waals surface area (Å²) >= 11 is 0. The fraction of sp³-hybridized carbons (Fsp3) is 0.500. The molecule has 1 aromatic rings. The highest BCUT2D eigenvalue weighted by molar-refractivity contribution is 7.92. The van der Waals surface area contributed by atoms with Crippen LogP contribution in [0.25, 0.3) is 0 Å². The van der Waals surface area contributed by atoms with Crippen LogP contribution in [0, 0.1) is 11.6 Å². The molecule has 1 aromatic carbocycles. The van der Waals surface area contributed by atoms with E-state index in [1.54, 1.807) is 0 Å². The molecule has 1 saturated heterocycles. The number of hydrogen-bond acceptors (Lipinski definition) is 3. The molecule has 4 nitrogen and oxygen atoms in total. The fourth-order valence-corrected chi connectivity index (χ4v) is 3.51. The summed E-state index contributed by atoms with van der Waals surface area (Å²) in [7, 11) is -3.64. The summed E-state index contributed by atoms with van der Waals surface area (Å²) in [6.45, 7) is 0.797. The van der Waals surface area contributed by atoms with Crippen LogP contribution in [0.15, 0.2) is 18.2 Å². The molecule has 1 heterocycles. The van der Waals surface area contributed by atoms with Crippen LogP contribution in [0.1, 0.15) is 19.3 Å². The topological polar surface area (TPSA) is 58.2 Å². The average molecular weight is 290 g/mol. The second-order valence-electron chi connectivity index (χ2n) is 4.65. The average Bonchev–Trinajstić information content (AvgIpc) is 2.33. The number of benzene rings is 1. The Balaban J connectivity index is 2.03. The van der Waals surface area contributed by atoms with Gasteiger partial charge in [-0.3, -0.25) is 4.72 Å². The monoisotopic (exact) mass is 290 g/mol. The van der Waals surface area contributed by atoms with Gasteiger partial charge >= 0.3 is 0 Å². The van der Waals surface area contributed by atoms with Gasteiger partial charge in [0.15, 0.2) is 0 Å². The van der Waals surface area contributed by atoms with Gasteiger partial charge in [-0.25, -0.2) is 17.2 Å². The summed E-state index contributed by atoms with van der Waals surface area (Å²) in [5, 5.41) is 3.11. The van der Waals surface area contributed by atoms with E-state index < -0.39 is 21.7 Å². The third-order valence-electron chi connectivity index (χ3n) is 3.03. The Morgan fingerprint density at radius 2 is 2.11 bits per heavy atom. The van der Waals surface area contributed by atoms with Crippen molar-refractivity contribution in [2.24, 2.45) is 0 Å². The highest BCUT2D eigenvalue weighted by Crippen LogP contribution is 2.17. The molecule has 0 aromatic heterocycles. The Morgan fingerprint density at radius 3 is 2.74 bits per heavy atom. The first-order chi connectivity index (χ1) is 8.96. The molecule has 19 heavy (non-hydrogen) atoms. The van der Waals surface area contributed by atoms with Gasteiger partial charge in [0.1, 0.15) is 11.6 Å². The molecule has 2 rings (SSSR count). The predicted molar refractivity (Wildman–Crippen MR) is 69.4 cm³/mol. The number of sulfonamides is 1. The molecule has 1 unspecified atom stereocenters. The van der Waals surface area contributed by atoms with E-state index in [-0.39, 0.29) is 17.5 Å². The molecule has 1 fully saturated rings. The number of rotatable bonds is 4. The smallest absolute Gasteiger partial charge is 0.234 e. The molecule has 1 aliphatic rings. The minimum Gasteiger partial charge on any atom is -0.313 e. The van der Waals surface area contributed by atoms with Crippen LogP contribution in [0.3, 0.4) is 0 Å². The van der Waals surface area contributed by atoms with Crippen molar-refractivity contribution >= 4 is 15.7 Å². The van der Waals surface area contributed by atoms with E-state index in [1.165, 1.54) is 0 Å². The zero-order chi connectivity index (χ0) is 13.9. The maximum atomic E-state index is 13.4. The summed E-state index contributed by atoms with van der Waals surface area (Å²) in [4.78, 5) is 0. The van der Waals surface area contributed by atoms with E-state index in [1.807, 2.05) is 0 Å². The van der Waals surface area contributed by atoms with Gasteiger partial charge in [-0.1, -0.05) is 6.42 Å². The lowest BCUT2D eigenvalue weighted by atomic mass is 10.1. The molecule has 106 valence electrons. The molecule has 1 atom stereocenters. The van der Waals surface area contributed by atoms with Gasteiger partial charge in [0.05, 0.1) is 11.4 Å². The van der Waals surface area contributed by atoms with Gasteiger partial charge in [-0.15, -0.1) is 0 Å². The van der Waals surface area contributed by atoms with Crippen molar-refractivity contribution in [1.29, 1.82) is 0 Å². The van der Waals surface area contributed by atoms with Gasteiger partial charge in [-0.2, -0.15) is 0 Å². The van der Waals surface area contributed by atoms with Crippen molar-refractivity contribution in [3.8, 4) is 0 Å². The number of piperidine rings is 1. The van der Waals surface area contributed by atoms with E-state index in [9.17, 15) is 17.2 Å². The van der Waals surface area contributed by atoms with Crippen LogP contribution >= 0.6 is 0 Å². The van der Waals surface area contributed by atoms with E-state index in [2.05, 4.69) is 10.0 Å². The van der Waals surface area contributed by atoms with Crippen molar-refractivity contribution in [3.63, 3.8) is 0 Å². The van der Waals surface area contributed by atoms with Crippen LogP contribution in [-0.2, 0) is 10.0 Å². The maximum absolute atomic E-state index is 13.4. The fourth-order valence-electron chi connectivity index (χ4n) is 2.11. The Kier molecular flexibility index (Phi) is 4.36. The molecule has 2 N–H and O–H groups in total. The largest absolute Gasteiger partial charge is 0.313 e. The standard InChI is InChI=1S/C12H16F2N2O2S/c13-9-4-5-12(11(14)7-9)16-19(17,18)8-10-3-1-2-6-15-10/h4-5,7,10,15-16H,1-3,6,8H2. The van der Waals surface area contributed by atoms with E-state index >= 15 is 0 Å². The van der Waals surface area contributed by atoms with E-state index in [4.69, 9.17) is 0 Å². The van der Waals surface area contributed by atoms with E-state index in [0.717, 1.165) is 37.9 Å². The Hall–Kier alpha value is -1.21. The molecule has 0 spiro atoms. The van der Waals surface area contributed by atoms with Crippen molar-refractivity contribution < 1.29 is 17.2 Å². The SMILES string of the molecule is O=S(=O)(CC1CCCCN1)Nc1ccc(F)cc1F. The van der Waals surface area contributed by atoms with Crippen molar-refractivity contribution in [2.75, 3.05) is 17.0 Å². The predicted octanol–water partition coefficient (Wildman–Crippen LogP) is 1.85. The second-order valence-corrected chi connectivity index (χ2v) is 6.42. The first-order valence-electron chi connectivity index (χ1n) is 6.15. The summed E-state index contributed by atoms with van der Waals surface area (Å²) < 4.78 is 52.0. The minimum atomic E-state index is -3.64. The lowest BCUT2D eigenvalue weighted by Gasteiger charge is -2.23. The molecule has 0 amide bonds. The number of nitrogens with one attached hydrogen (secondary N) is 2. The van der Waals surface area contributed by atoms with Crippen LogP contribution in [0.4, 0.5) is 14.5 Å². The molecular weight excluding hydrogens is 274 g/mol. The lowest BCUT2D eigenvalue weighted by molar-refractivity contribution is 0.424. The summed E-state index contributed by atoms with van der Waals surface area (Å²) in [5.74, 6) is -1.77. The normalized spacial score (nSPS) is 20.2. The van der Waals surface area contributed by atoms with Crippen molar-refractivity contribution in [1.82, 2.24) is 5.32 Å². The third kappa shape index (κ3) is 4.14. The summed E-state index contributed by atoms with van der Waals surface area (Å²) in [5.41, 5.74) is -0.225. The quantitative estimate of drug-likeness (QED) is 0.889. The van der Waals surface area contributed by atoms with Crippen LogP contribution in [0.5, 0.6) is 0 Å². The highest BCUT2D eigenvalue weighted by Gasteiger charge is 2.21. The highest BCUT2D eigenvalue weighted by atomic mass is 32.2. The summed E-state index contributed by atoms with van der Waals surface area (Å²) in [6.07, 6.45) is 2.81.